The molecule has 0 N–H and O–H groups in total. The highest BCUT2D eigenvalue weighted by atomic mass is 32.1. The molecule has 0 bridgehead atoms. The number of aryl methyl sites for hydroxylation is 2. The van der Waals surface area contributed by atoms with Gasteiger partial charge in [-0.2, -0.15) is 0 Å². The summed E-state index contributed by atoms with van der Waals surface area (Å²) in [5.41, 5.74) is 1.47. The number of ether oxygens (including phenoxy) is 1. The van der Waals surface area contributed by atoms with E-state index in [1.807, 2.05) is 11.3 Å². The van der Waals surface area contributed by atoms with Crippen molar-refractivity contribution in [3.63, 3.8) is 0 Å². The Morgan fingerprint density at radius 3 is 2.86 bits per heavy atom. The number of hydrogen-bond acceptors (Lipinski definition) is 4. The Morgan fingerprint density at radius 2 is 2.05 bits per heavy atom. The third-order valence-corrected chi connectivity index (χ3v) is 6.44. The minimum atomic E-state index is 0.350. The van der Waals surface area contributed by atoms with Crippen molar-refractivity contribution in [1.29, 1.82) is 0 Å². The molecule has 2 aromatic heterocycles. The van der Waals surface area contributed by atoms with Crippen LogP contribution in [-0.4, -0.2) is 16.1 Å². The van der Waals surface area contributed by atoms with Gasteiger partial charge in [0.05, 0.1) is 5.39 Å². The molecule has 0 aromatic carbocycles. The standard InChI is InChI=1S/C18H24N2OS/c1-2-4-12-7-9-13(10-8-12)21-17-16-14-5-3-6-15(14)22-18(16)20-11-19-17/h11-13H,2-10H2,1H3/t12-,13-. The Labute approximate surface area is 136 Å². The van der Waals surface area contributed by atoms with Gasteiger partial charge in [0, 0.05) is 4.88 Å². The molecule has 4 rings (SSSR count). The lowest BCUT2D eigenvalue weighted by atomic mass is 9.85. The van der Waals surface area contributed by atoms with Crippen molar-refractivity contribution in [3.8, 4) is 5.88 Å². The zero-order valence-electron chi connectivity index (χ0n) is 13.3. The lowest BCUT2D eigenvalue weighted by Gasteiger charge is -2.28. The summed E-state index contributed by atoms with van der Waals surface area (Å²) >= 11 is 1.84. The molecule has 118 valence electrons. The number of aromatic nitrogens is 2. The minimum absolute atomic E-state index is 0.350. The van der Waals surface area contributed by atoms with Crippen molar-refractivity contribution >= 4 is 21.6 Å². The van der Waals surface area contributed by atoms with Gasteiger partial charge in [0.25, 0.3) is 0 Å². The molecule has 2 aliphatic rings. The summed E-state index contributed by atoms with van der Waals surface area (Å²) in [7, 11) is 0. The summed E-state index contributed by atoms with van der Waals surface area (Å²) < 4.78 is 6.33. The number of fused-ring (bicyclic) bond motifs is 3. The molecular weight excluding hydrogens is 292 g/mol. The highest BCUT2D eigenvalue weighted by Crippen LogP contribution is 2.41. The zero-order valence-corrected chi connectivity index (χ0v) is 14.1. The summed E-state index contributed by atoms with van der Waals surface area (Å²) in [6, 6.07) is 0. The van der Waals surface area contributed by atoms with Gasteiger partial charge in [-0.05, 0) is 56.4 Å². The molecule has 3 nitrogen and oxygen atoms in total. The molecule has 4 heteroatoms. The van der Waals surface area contributed by atoms with Gasteiger partial charge < -0.3 is 4.74 Å². The summed E-state index contributed by atoms with van der Waals surface area (Å²) in [6.07, 6.45) is 13.4. The Hall–Kier alpha value is -1.16. The number of nitrogens with zero attached hydrogens (tertiary/aromatic N) is 2. The van der Waals surface area contributed by atoms with Crippen LogP contribution in [0.1, 0.15) is 62.3 Å². The van der Waals surface area contributed by atoms with Gasteiger partial charge in [-0.3, -0.25) is 0 Å². The van der Waals surface area contributed by atoms with E-state index < -0.39 is 0 Å². The van der Waals surface area contributed by atoms with E-state index in [0.717, 1.165) is 16.6 Å². The topological polar surface area (TPSA) is 35.0 Å². The van der Waals surface area contributed by atoms with E-state index in [9.17, 15) is 0 Å². The molecule has 1 saturated carbocycles. The van der Waals surface area contributed by atoms with Crippen LogP contribution >= 0.6 is 11.3 Å². The van der Waals surface area contributed by atoms with E-state index >= 15 is 0 Å². The summed E-state index contributed by atoms with van der Waals surface area (Å²) in [4.78, 5) is 11.6. The molecule has 0 unspecified atom stereocenters. The average molecular weight is 316 g/mol. The summed E-state index contributed by atoms with van der Waals surface area (Å²) in [5.74, 6) is 1.77. The molecule has 0 spiro atoms. The monoisotopic (exact) mass is 316 g/mol. The van der Waals surface area contributed by atoms with Gasteiger partial charge in [-0.1, -0.05) is 19.8 Å². The zero-order chi connectivity index (χ0) is 14.9. The predicted octanol–water partition coefficient (Wildman–Crippen LogP) is 4.92. The van der Waals surface area contributed by atoms with Crippen molar-refractivity contribution in [3.05, 3.63) is 16.8 Å². The third-order valence-electron chi connectivity index (χ3n) is 5.24. The van der Waals surface area contributed by atoms with Crippen molar-refractivity contribution in [1.82, 2.24) is 9.97 Å². The number of hydrogen-bond donors (Lipinski definition) is 0. The van der Waals surface area contributed by atoms with Crippen LogP contribution < -0.4 is 4.74 Å². The maximum atomic E-state index is 6.33. The van der Waals surface area contributed by atoms with E-state index in [0.29, 0.717) is 6.10 Å². The third kappa shape index (κ3) is 2.62. The average Bonchev–Trinajstić information content (AvgIpc) is 3.10. The number of thiophene rings is 1. The quantitative estimate of drug-likeness (QED) is 0.803. The van der Waals surface area contributed by atoms with Crippen LogP contribution in [0, 0.1) is 5.92 Å². The second kappa shape index (κ2) is 6.15. The Bertz CT molecular complexity index is 658. The minimum Gasteiger partial charge on any atom is -0.474 e. The normalized spacial score (nSPS) is 24.6. The maximum absolute atomic E-state index is 6.33. The van der Waals surface area contributed by atoms with Crippen LogP contribution in [0.3, 0.4) is 0 Å². The van der Waals surface area contributed by atoms with Gasteiger partial charge in [-0.25, -0.2) is 9.97 Å². The molecule has 22 heavy (non-hydrogen) atoms. The fourth-order valence-corrected chi connectivity index (χ4v) is 5.31. The van der Waals surface area contributed by atoms with Gasteiger partial charge in [0.2, 0.25) is 5.88 Å². The fraction of sp³-hybridized carbons (Fsp3) is 0.667. The molecule has 2 aliphatic carbocycles. The molecule has 0 atom stereocenters. The number of rotatable bonds is 4. The van der Waals surface area contributed by atoms with Crippen LogP contribution in [0.25, 0.3) is 10.2 Å². The van der Waals surface area contributed by atoms with Crippen molar-refractivity contribution in [2.24, 2.45) is 5.92 Å². The predicted molar refractivity (Wildman–Crippen MR) is 90.7 cm³/mol. The SMILES string of the molecule is CCC[C@H]1CC[C@H](Oc2ncnc3sc4c(c23)CCC4)CC1. The summed E-state index contributed by atoms with van der Waals surface area (Å²) in [5, 5.41) is 1.22. The van der Waals surface area contributed by atoms with Gasteiger partial charge >= 0.3 is 0 Å². The lowest BCUT2D eigenvalue weighted by Crippen LogP contribution is -2.24. The van der Waals surface area contributed by atoms with Crippen LogP contribution in [0.4, 0.5) is 0 Å². The van der Waals surface area contributed by atoms with E-state index in [4.69, 9.17) is 4.74 Å². The first-order valence-electron chi connectivity index (χ1n) is 8.77. The first-order chi connectivity index (χ1) is 10.8. The molecule has 2 aromatic rings. The Morgan fingerprint density at radius 1 is 1.18 bits per heavy atom. The molecule has 0 radical (unpaired) electrons. The van der Waals surface area contributed by atoms with Crippen molar-refractivity contribution in [2.45, 2.75) is 70.8 Å². The molecule has 0 saturated heterocycles. The first-order valence-corrected chi connectivity index (χ1v) is 9.58. The largest absolute Gasteiger partial charge is 0.474 e. The smallest absolute Gasteiger partial charge is 0.225 e. The first kappa shape index (κ1) is 14.4. The van der Waals surface area contributed by atoms with Crippen LogP contribution in [0.2, 0.25) is 0 Å². The maximum Gasteiger partial charge on any atom is 0.225 e. The molecule has 1 fully saturated rings. The second-order valence-electron chi connectivity index (χ2n) is 6.77. The molecular formula is C18H24N2OS. The van der Waals surface area contributed by atoms with Gasteiger partial charge in [-0.15, -0.1) is 11.3 Å². The van der Waals surface area contributed by atoms with Crippen LogP contribution in [0.15, 0.2) is 6.33 Å². The van der Waals surface area contributed by atoms with E-state index in [1.54, 1.807) is 6.33 Å². The van der Waals surface area contributed by atoms with Crippen molar-refractivity contribution in [2.75, 3.05) is 0 Å². The van der Waals surface area contributed by atoms with E-state index in [2.05, 4.69) is 16.9 Å². The Kier molecular flexibility index (Phi) is 4.03. The second-order valence-corrected chi connectivity index (χ2v) is 7.85. The highest BCUT2D eigenvalue weighted by Gasteiger charge is 2.26. The molecule has 0 aliphatic heterocycles. The van der Waals surface area contributed by atoms with Crippen molar-refractivity contribution < 1.29 is 4.74 Å². The van der Waals surface area contributed by atoms with E-state index in [1.165, 1.54) is 73.6 Å². The van der Waals surface area contributed by atoms with E-state index in [-0.39, 0.29) is 0 Å². The summed E-state index contributed by atoms with van der Waals surface area (Å²) in [6.45, 7) is 2.29. The lowest BCUT2D eigenvalue weighted by molar-refractivity contribution is 0.125. The highest BCUT2D eigenvalue weighted by molar-refractivity contribution is 7.18. The van der Waals surface area contributed by atoms with Crippen LogP contribution in [0.5, 0.6) is 5.88 Å². The Balaban J connectivity index is 1.53. The molecule has 2 heterocycles. The molecule has 0 amide bonds. The van der Waals surface area contributed by atoms with Gasteiger partial charge in [0.1, 0.15) is 17.3 Å². The fourth-order valence-electron chi connectivity index (χ4n) is 4.09. The van der Waals surface area contributed by atoms with Gasteiger partial charge in [0.15, 0.2) is 0 Å². The van der Waals surface area contributed by atoms with Crippen LogP contribution in [-0.2, 0) is 12.8 Å².